The monoisotopic (exact) mass is 283 g/mol. The van der Waals surface area contributed by atoms with Crippen molar-refractivity contribution in [3.05, 3.63) is 45.1 Å². The van der Waals surface area contributed by atoms with E-state index in [1.165, 1.54) is 22.4 Å². The van der Waals surface area contributed by atoms with Crippen molar-refractivity contribution >= 4 is 40.8 Å². The van der Waals surface area contributed by atoms with Crippen molar-refractivity contribution in [2.75, 3.05) is 12.1 Å². The van der Waals surface area contributed by atoms with E-state index in [1.807, 2.05) is 5.38 Å². The fourth-order valence-corrected chi connectivity index (χ4v) is 2.25. The number of thiazole rings is 1. The van der Waals surface area contributed by atoms with Gasteiger partial charge in [-0.05, 0) is 24.3 Å². The Morgan fingerprint density at radius 1 is 1.44 bits per heavy atom. The number of anilines is 1. The Morgan fingerprint density at radius 3 is 2.83 bits per heavy atom. The average molecular weight is 284 g/mol. The third-order valence-corrected chi connectivity index (χ3v) is 3.46. The molecular formula is C12H11ClFN3S. The van der Waals surface area contributed by atoms with E-state index < -0.39 is 5.82 Å². The zero-order valence-corrected chi connectivity index (χ0v) is 11.2. The summed E-state index contributed by atoms with van der Waals surface area (Å²) < 4.78 is 13.5. The molecule has 0 aliphatic carbocycles. The number of aromatic nitrogens is 1. The third-order valence-electron chi connectivity index (χ3n) is 2.33. The van der Waals surface area contributed by atoms with Gasteiger partial charge in [0.25, 0.3) is 0 Å². The van der Waals surface area contributed by atoms with Crippen LogP contribution < -0.4 is 10.9 Å². The van der Waals surface area contributed by atoms with Crippen molar-refractivity contribution in [2.24, 2.45) is 5.84 Å². The van der Waals surface area contributed by atoms with Crippen LogP contribution in [0.5, 0.6) is 0 Å². The van der Waals surface area contributed by atoms with E-state index in [0.717, 1.165) is 5.01 Å². The maximum Gasteiger partial charge on any atom is 0.142 e. The number of hydrogen-bond acceptors (Lipinski definition) is 4. The minimum atomic E-state index is -0.471. The molecule has 0 bridgehead atoms. The second kappa shape index (κ2) is 5.48. The minimum Gasteiger partial charge on any atom is -0.313 e. The van der Waals surface area contributed by atoms with E-state index in [2.05, 4.69) is 4.98 Å². The molecule has 0 radical (unpaired) electrons. The molecule has 0 fully saturated rings. The molecule has 2 rings (SSSR count). The van der Waals surface area contributed by atoms with E-state index in [9.17, 15) is 4.39 Å². The molecule has 0 aliphatic heterocycles. The van der Waals surface area contributed by atoms with Gasteiger partial charge in [-0.1, -0.05) is 11.6 Å². The Kier molecular flexibility index (Phi) is 3.96. The lowest BCUT2D eigenvalue weighted by Gasteiger charge is -2.16. The lowest BCUT2D eigenvalue weighted by atomic mass is 10.1. The smallest absolute Gasteiger partial charge is 0.142 e. The molecule has 0 saturated carbocycles. The molecule has 0 aliphatic rings. The highest BCUT2D eigenvalue weighted by Crippen LogP contribution is 2.30. The SMILES string of the molecule is CN(N)c1ccc(F)c(Cl)c1/C=C/c1nccs1. The first-order valence-electron chi connectivity index (χ1n) is 5.13. The fourth-order valence-electron chi connectivity index (χ4n) is 1.49. The molecule has 2 N–H and O–H groups in total. The highest BCUT2D eigenvalue weighted by atomic mass is 35.5. The van der Waals surface area contributed by atoms with Gasteiger partial charge in [-0.3, -0.25) is 0 Å². The topological polar surface area (TPSA) is 42.1 Å². The summed E-state index contributed by atoms with van der Waals surface area (Å²) in [6, 6.07) is 2.88. The van der Waals surface area contributed by atoms with Gasteiger partial charge in [0.15, 0.2) is 0 Å². The van der Waals surface area contributed by atoms with Crippen molar-refractivity contribution in [1.82, 2.24) is 4.98 Å². The van der Waals surface area contributed by atoms with Crippen LogP contribution in [0.1, 0.15) is 10.6 Å². The largest absolute Gasteiger partial charge is 0.313 e. The Hall–Kier alpha value is -1.43. The first-order chi connectivity index (χ1) is 8.59. The average Bonchev–Trinajstić information content (AvgIpc) is 2.83. The van der Waals surface area contributed by atoms with Crippen LogP contribution in [0.3, 0.4) is 0 Å². The number of rotatable bonds is 3. The summed E-state index contributed by atoms with van der Waals surface area (Å²) in [5.41, 5.74) is 1.19. The normalized spacial score (nSPS) is 11.1. The highest BCUT2D eigenvalue weighted by Gasteiger charge is 2.11. The van der Waals surface area contributed by atoms with Gasteiger partial charge in [0.05, 0.1) is 10.7 Å². The molecular weight excluding hydrogens is 273 g/mol. The lowest BCUT2D eigenvalue weighted by Crippen LogP contribution is -2.25. The van der Waals surface area contributed by atoms with Crippen molar-refractivity contribution in [2.45, 2.75) is 0 Å². The highest BCUT2D eigenvalue weighted by molar-refractivity contribution is 7.10. The van der Waals surface area contributed by atoms with Crippen molar-refractivity contribution < 1.29 is 4.39 Å². The predicted octanol–water partition coefficient (Wildman–Crippen LogP) is 3.42. The summed E-state index contributed by atoms with van der Waals surface area (Å²) in [7, 11) is 1.67. The summed E-state index contributed by atoms with van der Waals surface area (Å²) in [6.45, 7) is 0. The number of hydrogen-bond donors (Lipinski definition) is 1. The quantitative estimate of drug-likeness (QED) is 0.693. The van der Waals surface area contributed by atoms with Gasteiger partial charge >= 0.3 is 0 Å². The second-order valence-corrected chi connectivity index (χ2v) is 4.91. The molecule has 2 aromatic rings. The standard InChI is InChI=1S/C12H11ClFN3S/c1-17(15)10-4-3-9(14)12(13)8(10)2-5-11-16-6-7-18-11/h2-7H,15H2,1H3/b5-2+. The van der Waals surface area contributed by atoms with Crippen molar-refractivity contribution in [3.8, 4) is 0 Å². The third kappa shape index (κ3) is 2.69. The molecule has 1 heterocycles. The molecule has 94 valence electrons. The van der Waals surface area contributed by atoms with Gasteiger partial charge in [-0.25, -0.2) is 15.2 Å². The predicted molar refractivity (Wildman–Crippen MR) is 75.0 cm³/mol. The summed E-state index contributed by atoms with van der Waals surface area (Å²) in [4.78, 5) is 4.11. The Labute approximate surface area is 113 Å². The molecule has 0 atom stereocenters. The maximum atomic E-state index is 13.5. The number of benzene rings is 1. The zero-order chi connectivity index (χ0) is 13.1. The maximum absolute atomic E-state index is 13.5. The van der Waals surface area contributed by atoms with E-state index in [4.69, 9.17) is 17.4 Å². The molecule has 18 heavy (non-hydrogen) atoms. The number of nitrogens with zero attached hydrogens (tertiary/aromatic N) is 2. The van der Waals surface area contributed by atoms with Gasteiger partial charge in [0.2, 0.25) is 0 Å². The van der Waals surface area contributed by atoms with Gasteiger partial charge in [0.1, 0.15) is 10.8 Å². The molecule has 0 spiro atoms. The first-order valence-corrected chi connectivity index (χ1v) is 6.39. The molecule has 0 unspecified atom stereocenters. The van der Waals surface area contributed by atoms with Gasteiger partial charge in [-0.2, -0.15) is 0 Å². The van der Waals surface area contributed by atoms with E-state index in [1.54, 1.807) is 31.5 Å². The molecule has 0 amide bonds. The van der Waals surface area contributed by atoms with Crippen LogP contribution in [0.25, 0.3) is 12.2 Å². The van der Waals surface area contributed by atoms with Crippen LogP contribution in [-0.4, -0.2) is 12.0 Å². The lowest BCUT2D eigenvalue weighted by molar-refractivity contribution is 0.628. The summed E-state index contributed by atoms with van der Waals surface area (Å²) in [5, 5.41) is 4.13. The Morgan fingerprint density at radius 2 is 2.22 bits per heavy atom. The van der Waals surface area contributed by atoms with Gasteiger partial charge < -0.3 is 5.01 Å². The van der Waals surface area contributed by atoms with Crippen LogP contribution in [0, 0.1) is 5.82 Å². The van der Waals surface area contributed by atoms with E-state index in [0.29, 0.717) is 11.3 Å². The number of hydrazine groups is 1. The molecule has 0 saturated heterocycles. The van der Waals surface area contributed by atoms with Gasteiger partial charge in [-0.15, -0.1) is 11.3 Å². The van der Waals surface area contributed by atoms with E-state index >= 15 is 0 Å². The summed E-state index contributed by atoms with van der Waals surface area (Å²) >= 11 is 7.44. The molecule has 3 nitrogen and oxygen atoms in total. The van der Waals surface area contributed by atoms with Crippen molar-refractivity contribution in [1.29, 1.82) is 0 Å². The minimum absolute atomic E-state index is 0.0533. The zero-order valence-electron chi connectivity index (χ0n) is 9.60. The van der Waals surface area contributed by atoms with E-state index in [-0.39, 0.29) is 5.02 Å². The Bertz CT molecular complexity index is 567. The van der Waals surface area contributed by atoms with Crippen LogP contribution in [0.2, 0.25) is 5.02 Å². The molecule has 1 aromatic heterocycles. The summed E-state index contributed by atoms with van der Waals surface area (Å²) in [5.74, 6) is 5.22. The number of halogens is 2. The molecule has 6 heteroatoms. The Balaban J connectivity index is 2.45. The van der Waals surface area contributed by atoms with Crippen LogP contribution >= 0.6 is 22.9 Å². The van der Waals surface area contributed by atoms with Crippen LogP contribution in [-0.2, 0) is 0 Å². The van der Waals surface area contributed by atoms with Crippen molar-refractivity contribution in [3.63, 3.8) is 0 Å². The second-order valence-electron chi connectivity index (χ2n) is 3.61. The number of nitrogens with two attached hydrogens (primary N) is 1. The van der Waals surface area contributed by atoms with Crippen LogP contribution in [0.15, 0.2) is 23.7 Å². The summed E-state index contributed by atoms with van der Waals surface area (Å²) in [6.07, 6.45) is 5.19. The van der Waals surface area contributed by atoms with Gasteiger partial charge in [0, 0.05) is 24.2 Å². The molecule has 1 aromatic carbocycles. The van der Waals surface area contributed by atoms with Crippen LogP contribution in [0.4, 0.5) is 10.1 Å². The fraction of sp³-hybridized carbons (Fsp3) is 0.0833. The first kappa shape index (κ1) is 13.0.